The lowest BCUT2D eigenvalue weighted by atomic mass is 10.2. The van der Waals surface area contributed by atoms with Crippen LogP contribution in [-0.4, -0.2) is 23.9 Å². The predicted molar refractivity (Wildman–Crippen MR) is 32.5 cm³/mol. The molecular formula is C5H11O2Si. The normalized spacial score (nSPS) is 14.6. The zero-order valence-electron chi connectivity index (χ0n) is 5.47. The van der Waals surface area contributed by atoms with Crippen LogP contribution in [0.15, 0.2) is 0 Å². The summed E-state index contributed by atoms with van der Waals surface area (Å²) in [7, 11) is 4.51. The molecule has 3 radical (unpaired) electrons. The van der Waals surface area contributed by atoms with Crippen LogP contribution in [0.25, 0.3) is 0 Å². The molecule has 0 saturated carbocycles. The molecule has 0 bridgehead atoms. The summed E-state index contributed by atoms with van der Waals surface area (Å²) < 4.78 is 9.63. The zero-order valence-corrected chi connectivity index (χ0v) is 6.47. The Balaban J connectivity index is 3.35. The maximum Gasteiger partial charge on any atom is 0.249 e. The smallest absolute Gasteiger partial charge is 0.249 e. The minimum atomic E-state index is -0.133. The van der Waals surface area contributed by atoms with Gasteiger partial charge in [0.25, 0.3) is 0 Å². The minimum Gasteiger partial charge on any atom is -0.394 e. The van der Waals surface area contributed by atoms with Crippen LogP contribution >= 0.6 is 0 Å². The number of rotatable bonds is 3. The molecule has 47 valence electrons. The van der Waals surface area contributed by atoms with Gasteiger partial charge in [-0.1, -0.05) is 13.8 Å². The van der Waals surface area contributed by atoms with E-state index >= 15 is 0 Å². The maximum absolute atomic E-state index is 4.89. The molecule has 0 heterocycles. The van der Waals surface area contributed by atoms with E-state index in [9.17, 15) is 0 Å². The van der Waals surface area contributed by atoms with E-state index in [2.05, 4.69) is 10.5 Å². The van der Waals surface area contributed by atoms with Crippen LogP contribution in [-0.2, 0) is 9.16 Å². The van der Waals surface area contributed by atoms with Gasteiger partial charge in [-0.05, 0) is 0 Å². The van der Waals surface area contributed by atoms with Crippen LogP contribution in [0.5, 0.6) is 0 Å². The van der Waals surface area contributed by atoms with Crippen LogP contribution in [0, 0.1) is 5.92 Å². The summed E-state index contributed by atoms with van der Waals surface area (Å²) in [6, 6.07) is 0. The maximum atomic E-state index is 4.89. The fraction of sp³-hybridized carbons (Fsp3) is 1.00. The van der Waals surface area contributed by atoms with Crippen LogP contribution in [0.2, 0.25) is 0 Å². The van der Waals surface area contributed by atoms with Gasteiger partial charge in [-0.2, -0.15) is 0 Å². The number of ether oxygens (including phenoxy) is 1. The van der Waals surface area contributed by atoms with Gasteiger partial charge >= 0.3 is 0 Å². The summed E-state index contributed by atoms with van der Waals surface area (Å²) in [6.07, 6.45) is -0.133. The molecule has 1 unspecified atom stereocenters. The Morgan fingerprint density at radius 3 is 1.88 bits per heavy atom. The molecule has 0 fully saturated rings. The van der Waals surface area contributed by atoms with Gasteiger partial charge in [-0.15, -0.1) is 0 Å². The van der Waals surface area contributed by atoms with Gasteiger partial charge in [-0.25, -0.2) is 0 Å². The molecule has 0 aliphatic rings. The zero-order chi connectivity index (χ0) is 6.57. The van der Waals surface area contributed by atoms with Crippen molar-refractivity contribution in [2.24, 2.45) is 5.92 Å². The third-order valence-electron chi connectivity index (χ3n) is 0.893. The fourth-order valence-electron chi connectivity index (χ4n) is 0.456. The van der Waals surface area contributed by atoms with Crippen molar-refractivity contribution in [3.05, 3.63) is 0 Å². The van der Waals surface area contributed by atoms with Crippen LogP contribution in [0.4, 0.5) is 0 Å². The Labute approximate surface area is 53.7 Å². The van der Waals surface area contributed by atoms with E-state index in [0.717, 1.165) is 0 Å². The van der Waals surface area contributed by atoms with Gasteiger partial charge < -0.3 is 9.16 Å². The van der Waals surface area contributed by atoms with Crippen molar-refractivity contribution in [1.29, 1.82) is 0 Å². The van der Waals surface area contributed by atoms with E-state index in [0.29, 0.717) is 5.92 Å². The first-order valence-electron chi connectivity index (χ1n) is 2.57. The monoisotopic (exact) mass is 131 g/mol. The molecule has 0 saturated heterocycles. The molecule has 0 aromatic rings. The lowest BCUT2D eigenvalue weighted by Gasteiger charge is -2.16. The fourth-order valence-corrected chi connectivity index (χ4v) is 0.825. The second-order valence-electron chi connectivity index (χ2n) is 1.97. The Morgan fingerprint density at radius 2 is 1.88 bits per heavy atom. The first-order valence-corrected chi connectivity index (χ1v) is 2.98. The Bertz CT molecular complexity index is 52.4. The lowest BCUT2D eigenvalue weighted by Crippen LogP contribution is -2.20. The van der Waals surface area contributed by atoms with Crippen molar-refractivity contribution in [2.45, 2.75) is 20.1 Å². The van der Waals surface area contributed by atoms with Crippen molar-refractivity contribution >= 4 is 10.5 Å². The van der Waals surface area contributed by atoms with Gasteiger partial charge in [0.2, 0.25) is 10.5 Å². The third kappa shape index (κ3) is 2.45. The number of hydrogen-bond donors (Lipinski definition) is 0. The molecule has 0 N–H and O–H groups in total. The predicted octanol–water partition coefficient (Wildman–Crippen LogP) is 0.715. The highest BCUT2D eigenvalue weighted by Gasteiger charge is 2.08. The van der Waals surface area contributed by atoms with Gasteiger partial charge in [0.05, 0.1) is 0 Å². The summed E-state index contributed by atoms with van der Waals surface area (Å²) in [6.45, 7) is 4.04. The molecule has 0 rings (SSSR count). The Hall–Kier alpha value is 0.137. The largest absolute Gasteiger partial charge is 0.394 e. The molecule has 0 aliphatic heterocycles. The standard InChI is InChI=1S/C5H11O2Si/c1-4(2)5(6-3)7-8/h4-5H,1-3H3. The van der Waals surface area contributed by atoms with Crippen LogP contribution in [0.3, 0.4) is 0 Å². The molecule has 8 heavy (non-hydrogen) atoms. The van der Waals surface area contributed by atoms with Crippen molar-refractivity contribution in [3.8, 4) is 0 Å². The van der Waals surface area contributed by atoms with E-state index in [1.165, 1.54) is 0 Å². The Morgan fingerprint density at radius 1 is 1.38 bits per heavy atom. The first kappa shape index (κ1) is 8.14. The first-order chi connectivity index (χ1) is 3.72. The topological polar surface area (TPSA) is 18.5 Å². The Kier molecular flexibility index (Phi) is 4.13. The van der Waals surface area contributed by atoms with Crippen LogP contribution in [0.1, 0.15) is 13.8 Å². The SMILES string of the molecule is COC(O[Si])C(C)C. The quantitative estimate of drug-likeness (QED) is 0.415. The molecule has 2 nitrogen and oxygen atoms in total. The van der Waals surface area contributed by atoms with E-state index < -0.39 is 0 Å². The average molecular weight is 131 g/mol. The number of hydrogen-bond acceptors (Lipinski definition) is 2. The van der Waals surface area contributed by atoms with E-state index in [1.807, 2.05) is 13.8 Å². The van der Waals surface area contributed by atoms with Gasteiger partial charge in [-0.3, -0.25) is 0 Å². The highest BCUT2D eigenvalue weighted by Crippen LogP contribution is 2.03. The van der Waals surface area contributed by atoms with Crippen molar-refractivity contribution in [2.75, 3.05) is 7.11 Å². The molecule has 0 aromatic heterocycles. The van der Waals surface area contributed by atoms with Crippen molar-refractivity contribution in [3.63, 3.8) is 0 Å². The second kappa shape index (κ2) is 4.06. The van der Waals surface area contributed by atoms with Gasteiger partial charge in [0.15, 0.2) is 0 Å². The van der Waals surface area contributed by atoms with Crippen molar-refractivity contribution < 1.29 is 9.16 Å². The molecule has 3 heteroatoms. The van der Waals surface area contributed by atoms with Crippen LogP contribution < -0.4 is 0 Å². The molecule has 1 atom stereocenters. The summed E-state index contributed by atoms with van der Waals surface area (Å²) in [4.78, 5) is 0. The minimum absolute atomic E-state index is 0.133. The van der Waals surface area contributed by atoms with Gasteiger partial charge in [0.1, 0.15) is 6.29 Å². The third-order valence-corrected chi connectivity index (χ3v) is 1.13. The average Bonchev–Trinajstić information content (AvgIpc) is 1.69. The van der Waals surface area contributed by atoms with E-state index in [-0.39, 0.29) is 6.29 Å². The summed E-state index contributed by atoms with van der Waals surface area (Å²) >= 11 is 0. The molecule has 0 aromatic carbocycles. The molecule has 0 aliphatic carbocycles. The highest BCUT2D eigenvalue weighted by atomic mass is 28.2. The van der Waals surface area contributed by atoms with E-state index in [1.54, 1.807) is 7.11 Å². The molecule has 0 spiro atoms. The summed E-state index contributed by atoms with van der Waals surface area (Å²) in [5, 5.41) is 0. The molecule has 0 amide bonds. The van der Waals surface area contributed by atoms with Crippen molar-refractivity contribution in [1.82, 2.24) is 0 Å². The lowest BCUT2D eigenvalue weighted by molar-refractivity contribution is -0.0796. The van der Waals surface area contributed by atoms with Gasteiger partial charge in [0, 0.05) is 13.0 Å². The second-order valence-corrected chi connectivity index (χ2v) is 2.20. The number of methoxy groups -OCH3 is 1. The molecular weight excluding hydrogens is 120 g/mol. The van der Waals surface area contributed by atoms with E-state index in [4.69, 9.17) is 9.16 Å². The summed E-state index contributed by atoms with van der Waals surface area (Å²) in [5.41, 5.74) is 0. The highest BCUT2D eigenvalue weighted by molar-refractivity contribution is 5.98. The summed E-state index contributed by atoms with van der Waals surface area (Å²) in [5.74, 6) is 0.387.